The highest BCUT2D eigenvalue weighted by atomic mass is 19.4. The summed E-state index contributed by atoms with van der Waals surface area (Å²) in [4.78, 5) is 21.0. The first-order valence-corrected chi connectivity index (χ1v) is 4.33. The van der Waals surface area contributed by atoms with E-state index in [1.165, 1.54) is 12.1 Å². The van der Waals surface area contributed by atoms with Crippen LogP contribution in [0.4, 0.5) is 13.2 Å². The van der Waals surface area contributed by atoms with Gasteiger partial charge >= 0.3 is 12.1 Å². The number of hydrogen-bond donors (Lipinski definition) is 1. The molecule has 6 heteroatoms. The van der Waals surface area contributed by atoms with Gasteiger partial charge in [0.15, 0.2) is 0 Å². The Morgan fingerprint density at radius 1 is 1.31 bits per heavy atom. The second-order valence-electron chi connectivity index (χ2n) is 3.00. The Balaban J connectivity index is 2.68. The molecule has 0 saturated carbocycles. The molecule has 1 rings (SSSR count). The van der Waals surface area contributed by atoms with Gasteiger partial charge in [-0.25, -0.2) is 0 Å². The zero-order valence-corrected chi connectivity index (χ0v) is 8.04. The minimum absolute atomic E-state index is 0.255. The molecule has 0 unspecified atom stereocenters. The maximum atomic E-state index is 11.9. The van der Waals surface area contributed by atoms with Crippen molar-refractivity contribution in [2.45, 2.75) is 12.7 Å². The van der Waals surface area contributed by atoms with Crippen LogP contribution in [-0.2, 0) is 11.3 Å². The van der Waals surface area contributed by atoms with Gasteiger partial charge in [-0.3, -0.25) is 9.59 Å². The molecular weight excluding hydrogens is 223 g/mol. The van der Waals surface area contributed by atoms with Gasteiger partial charge in [0, 0.05) is 12.1 Å². The van der Waals surface area contributed by atoms with Crippen molar-refractivity contribution in [2.24, 2.45) is 0 Å². The summed E-state index contributed by atoms with van der Waals surface area (Å²) in [5.74, 6) is -2.02. The number of nitrogens with one attached hydrogen (secondary N) is 1. The third-order valence-electron chi connectivity index (χ3n) is 1.88. The first-order valence-electron chi connectivity index (χ1n) is 4.33. The van der Waals surface area contributed by atoms with Crippen LogP contribution in [0, 0.1) is 0 Å². The zero-order valence-electron chi connectivity index (χ0n) is 8.04. The van der Waals surface area contributed by atoms with E-state index in [-0.39, 0.29) is 12.1 Å². The fraction of sp³-hybridized carbons (Fsp3) is 0.200. The summed E-state index contributed by atoms with van der Waals surface area (Å²) in [5.41, 5.74) is 0.597. The van der Waals surface area contributed by atoms with Gasteiger partial charge in [0.05, 0.1) is 0 Å². The molecule has 1 amide bonds. The average molecular weight is 231 g/mol. The van der Waals surface area contributed by atoms with Crippen LogP contribution >= 0.6 is 0 Å². The summed E-state index contributed by atoms with van der Waals surface area (Å²) in [6, 6.07) is 6.09. The summed E-state index contributed by atoms with van der Waals surface area (Å²) >= 11 is 0. The van der Waals surface area contributed by atoms with E-state index < -0.39 is 12.1 Å². The van der Waals surface area contributed by atoms with Crippen molar-refractivity contribution >= 4 is 12.2 Å². The molecule has 3 nitrogen and oxygen atoms in total. The van der Waals surface area contributed by atoms with Crippen molar-refractivity contribution < 1.29 is 22.8 Å². The fourth-order valence-corrected chi connectivity index (χ4v) is 1.09. The highest BCUT2D eigenvalue weighted by Gasteiger charge is 2.38. The maximum absolute atomic E-state index is 11.9. The van der Waals surface area contributed by atoms with Crippen molar-refractivity contribution in [1.29, 1.82) is 0 Å². The van der Waals surface area contributed by atoms with Gasteiger partial charge in [0.2, 0.25) is 0 Å². The van der Waals surface area contributed by atoms with Crippen LogP contribution in [0.15, 0.2) is 24.3 Å². The molecule has 0 radical (unpaired) electrons. The second kappa shape index (κ2) is 4.78. The molecule has 0 aliphatic carbocycles. The van der Waals surface area contributed by atoms with Crippen LogP contribution in [0.25, 0.3) is 0 Å². The predicted molar refractivity (Wildman–Crippen MR) is 49.7 cm³/mol. The molecule has 1 aromatic rings. The Morgan fingerprint density at radius 3 is 2.50 bits per heavy atom. The van der Waals surface area contributed by atoms with Gasteiger partial charge in [-0.15, -0.1) is 0 Å². The lowest BCUT2D eigenvalue weighted by atomic mass is 10.1. The molecule has 0 fully saturated rings. The van der Waals surface area contributed by atoms with Crippen molar-refractivity contribution in [3.05, 3.63) is 35.4 Å². The van der Waals surface area contributed by atoms with Crippen LogP contribution in [0.3, 0.4) is 0 Å². The summed E-state index contributed by atoms with van der Waals surface area (Å²) in [7, 11) is 0. The number of aldehydes is 1. The van der Waals surface area contributed by atoms with Gasteiger partial charge in [-0.2, -0.15) is 13.2 Å². The van der Waals surface area contributed by atoms with Crippen molar-refractivity contribution in [3.63, 3.8) is 0 Å². The normalized spacial score (nSPS) is 10.9. The first kappa shape index (κ1) is 12.2. The highest BCUT2D eigenvalue weighted by Crippen LogP contribution is 2.14. The van der Waals surface area contributed by atoms with Crippen LogP contribution in [0.2, 0.25) is 0 Å². The molecule has 0 aromatic heterocycles. The number of carbonyl (C=O) groups is 2. The number of benzene rings is 1. The summed E-state index contributed by atoms with van der Waals surface area (Å²) in [6.45, 7) is -0.326. The number of amides is 1. The van der Waals surface area contributed by atoms with Crippen molar-refractivity contribution in [1.82, 2.24) is 5.32 Å². The molecule has 0 aliphatic heterocycles. The van der Waals surface area contributed by atoms with E-state index in [0.717, 1.165) is 0 Å². The summed E-state index contributed by atoms with van der Waals surface area (Å²) in [6.07, 6.45) is -4.38. The van der Waals surface area contributed by atoms with E-state index in [0.29, 0.717) is 11.8 Å². The van der Waals surface area contributed by atoms with E-state index in [9.17, 15) is 22.8 Å². The quantitative estimate of drug-likeness (QED) is 0.804. The average Bonchev–Trinajstić information content (AvgIpc) is 2.24. The third-order valence-corrected chi connectivity index (χ3v) is 1.88. The first-order chi connectivity index (χ1) is 7.45. The van der Waals surface area contributed by atoms with E-state index in [1.54, 1.807) is 17.4 Å². The Morgan fingerprint density at radius 2 is 1.94 bits per heavy atom. The minimum Gasteiger partial charge on any atom is -0.344 e. The molecule has 0 saturated heterocycles. The highest BCUT2D eigenvalue weighted by molar-refractivity contribution is 5.82. The minimum atomic E-state index is -4.91. The van der Waals surface area contributed by atoms with Crippen LogP contribution < -0.4 is 5.32 Å². The van der Waals surface area contributed by atoms with E-state index >= 15 is 0 Å². The molecule has 0 atom stereocenters. The predicted octanol–water partition coefficient (Wildman–Crippen LogP) is 1.68. The number of halogens is 3. The number of rotatable bonds is 3. The van der Waals surface area contributed by atoms with Crippen LogP contribution in [-0.4, -0.2) is 18.4 Å². The Kier molecular flexibility index (Phi) is 3.65. The molecule has 0 aliphatic rings. The fourth-order valence-electron chi connectivity index (χ4n) is 1.09. The number of alkyl halides is 3. The Labute approximate surface area is 89.3 Å². The van der Waals surface area contributed by atoms with Gasteiger partial charge in [-0.1, -0.05) is 24.3 Å². The SMILES string of the molecule is O=Cc1ccccc1CNC(=O)C(F)(F)F. The zero-order chi connectivity index (χ0) is 12.2. The summed E-state index contributed by atoms with van der Waals surface area (Å²) in [5, 5.41) is 1.69. The second-order valence-corrected chi connectivity index (χ2v) is 3.00. The molecule has 0 bridgehead atoms. The van der Waals surface area contributed by atoms with E-state index in [4.69, 9.17) is 0 Å². The number of carbonyl (C=O) groups excluding carboxylic acids is 2. The third kappa shape index (κ3) is 3.08. The summed E-state index contributed by atoms with van der Waals surface area (Å²) < 4.78 is 35.6. The largest absolute Gasteiger partial charge is 0.471 e. The van der Waals surface area contributed by atoms with Gasteiger partial charge in [-0.05, 0) is 5.56 Å². The van der Waals surface area contributed by atoms with Crippen LogP contribution in [0.5, 0.6) is 0 Å². The van der Waals surface area contributed by atoms with Gasteiger partial charge < -0.3 is 5.32 Å². The van der Waals surface area contributed by atoms with Gasteiger partial charge in [0.1, 0.15) is 6.29 Å². The molecule has 86 valence electrons. The molecule has 1 N–H and O–H groups in total. The molecular formula is C10H8F3NO2. The molecule has 16 heavy (non-hydrogen) atoms. The maximum Gasteiger partial charge on any atom is 0.471 e. The lowest BCUT2D eigenvalue weighted by Gasteiger charge is -2.08. The monoisotopic (exact) mass is 231 g/mol. The van der Waals surface area contributed by atoms with Crippen molar-refractivity contribution in [3.8, 4) is 0 Å². The standard InChI is InChI=1S/C10H8F3NO2/c11-10(12,13)9(16)14-5-7-3-1-2-4-8(7)6-15/h1-4,6H,5H2,(H,14,16). The molecule has 0 spiro atoms. The smallest absolute Gasteiger partial charge is 0.344 e. The number of hydrogen-bond acceptors (Lipinski definition) is 2. The Hall–Kier alpha value is -1.85. The van der Waals surface area contributed by atoms with Crippen LogP contribution in [0.1, 0.15) is 15.9 Å². The molecule has 0 heterocycles. The molecule has 1 aromatic carbocycles. The lowest BCUT2D eigenvalue weighted by Crippen LogP contribution is -2.36. The van der Waals surface area contributed by atoms with Crippen molar-refractivity contribution in [2.75, 3.05) is 0 Å². The Bertz CT molecular complexity index is 401. The van der Waals surface area contributed by atoms with E-state index in [2.05, 4.69) is 0 Å². The van der Waals surface area contributed by atoms with E-state index in [1.807, 2.05) is 0 Å². The lowest BCUT2D eigenvalue weighted by molar-refractivity contribution is -0.173. The topological polar surface area (TPSA) is 46.2 Å². The van der Waals surface area contributed by atoms with Gasteiger partial charge in [0.25, 0.3) is 0 Å².